The first-order chi connectivity index (χ1) is 8.85. The van der Waals surface area contributed by atoms with Gasteiger partial charge in [0.2, 0.25) is 0 Å². The SMILES string of the molecule is CCC1CCCCC1NC1CCCCCC1C#N. The number of nitrogens with zero attached hydrogens (tertiary/aromatic N) is 1. The monoisotopic (exact) mass is 248 g/mol. The Morgan fingerprint density at radius 3 is 2.39 bits per heavy atom. The van der Waals surface area contributed by atoms with Crippen LogP contribution in [0.3, 0.4) is 0 Å². The molecular formula is C16H28N2. The zero-order valence-electron chi connectivity index (χ0n) is 11.8. The van der Waals surface area contributed by atoms with Crippen LogP contribution in [0.5, 0.6) is 0 Å². The highest BCUT2D eigenvalue weighted by Gasteiger charge is 2.30. The summed E-state index contributed by atoms with van der Waals surface area (Å²) in [4.78, 5) is 0. The lowest BCUT2D eigenvalue weighted by atomic mass is 9.81. The third kappa shape index (κ3) is 3.48. The second-order valence-corrected chi connectivity index (χ2v) is 6.21. The Morgan fingerprint density at radius 1 is 0.944 bits per heavy atom. The van der Waals surface area contributed by atoms with Crippen molar-refractivity contribution >= 4 is 0 Å². The molecule has 2 nitrogen and oxygen atoms in total. The third-order valence-electron chi connectivity index (χ3n) is 5.04. The molecule has 1 N–H and O–H groups in total. The summed E-state index contributed by atoms with van der Waals surface area (Å²) >= 11 is 0. The predicted molar refractivity (Wildman–Crippen MR) is 75.1 cm³/mol. The van der Waals surface area contributed by atoms with Gasteiger partial charge < -0.3 is 5.32 Å². The van der Waals surface area contributed by atoms with E-state index in [1.807, 2.05) is 0 Å². The Labute approximate surface area is 112 Å². The van der Waals surface area contributed by atoms with Crippen LogP contribution in [0, 0.1) is 23.2 Å². The Morgan fingerprint density at radius 2 is 1.61 bits per heavy atom. The van der Waals surface area contributed by atoms with Gasteiger partial charge in [-0.1, -0.05) is 45.4 Å². The maximum Gasteiger partial charge on any atom is 0.0672 e. The van der Waals surface area contributed by atoms with E-state index < -0.39 is 0 Å². The summed E-state index contributed by atoms with van der Waals surface area (Å²) in [5, 5.41) is 13.2. The van der Waals surface area contributed by atoms with Crippen molar-refractivity contribution in [3.8, 4) is 6.07 Å². The maximum absolute atomic E-state index is 9.35. The van der Waals surface area contributed by atoms with E-state index in [1.54, 1.807) is 0 Å². The summed E-state index contributed by atoms with van der Waals surface area (Å²) in [5.74, 6) is 1.10. The second kappa shape index (κ2) is 7.14. The minimum absolute atomic E-state index is 0.256. The fourth-order valence-corrected chi connectivity index (χ4v) is 3.85. The van der Waals surface area contributed by atoms with Gasteiger partial charge in [-0.05, 0) is 31.6 Å². The van der Waals surface area contributed by atoms with Crippen LogP contribution in [-0.2, 0) is 0 Å². The Bertz CT molecular complexity index is 281. The van der Waals surface area contributed by atoms with Crippen molar-refractivity contribution in [2.75, 3.05) is 0 Å². The first kappa shape index (κ1) is 13.9. The van der Waals surface area contributed by atoms with E-state index in [-0.39, 0.29) is 5.92 Å². The van der Waals surface area contributed by atoms with Crippen molar-refractivity contribution in [3.63, 3.8) is 0 Å². The van der Waals surface area contributed by atoms with Crippen molar-refractivity contribution in [1.82, 2.24) is 5.32 Å². The normalized spacial score (nSPS) is 37.8. The van der Waals surface area contributed by atoms with E-state index in [2.05, 4.69) is 18.3 Å². The van der Waals surface area contributed by atoms with Gasteiger partial charge in [0.1, 0.15) is 0 Å². The van der Waals surface area contributed by atoms with Crippen molar-refractivity contribution in [1.29, 1.82) is 5.26 Å². The first-order valence-electron chi connectivity index (χ1n) is 8.00. The van der Waals surface area contributed by atoms with Crippen LogP contribution in [0.1, 0.15) is 71.1 Å². The topological polar surface area (TPSA) is 35.8 Å². The van der Waals surface area contributed by atoms with Gasteiger partial charge in [-0.2, -0.15) is 5.26 Å². The molecule has 0 aromatic rings. The van der Waals surface area contributed by atoms with Crippen LogP contribution in [0.25, 0.3) is 0 Å². The van der Waals surface area contributed by atoms with Crippen LogP contribution in [-0.4, -0.2) is 12.1 Å². The predicted octanol–water partition coefficient (Wildman–Crippen LogP) is 4.02. The average Bonchev–Trinajstić information content (AvgIpc) is 2.64. The van der Waals surface area contributed by atoms with Gasteiger partial charge in [0, 0.05) is 12.1 Å². The molecule has 2 rings (SSSR count). The van der Waals surface area contributed by atoms with Gasteiger partial charge >= 0.3 is 0 Å². The summed E-state index contributed by atoms with van der Waals surface area (Å²) in [6.07, 6.45) is 13.0. The average molecular weight is 248 g/mol. The number of nitriles is 1. The molecule has 0 aromatic heterocycles. The fraction of sp³-hybridized carbons (Fsp3) is 0.938. The van der Waals surface area contributed by atoms with Crippen LogP contribution >= 0.6 is 0 Å². The fourth-order valence-electron chi connectivity index (χ4n) is 3.85. The van der Waals surface area contributed by atoms with Crippen LogP contribution < -0.4 is 5.32 Å². The molecule has 0 amide bonds. The smallest absolute Gasteiger partial charge is 0.0672 e. The lowest BCUT2D eigenvalue weighted by Crippen LogP contribution is -2.46. The summed E-state index contributed by atoms with van der Waals surface area (Å²) in [7, 11) is 0. The molecule has 0 spiro atoms. The van der Waals surface area contributed by atoms with E-state index in [9.17, 15) is 5.26 Å². The van der Waals surface area contributed by atoms with E-state index in [0.29, 0.717) is 12.1 Å². The van der Waals surface area contributed by atoms with Crippen molar-refractivity contribution in [3.05, 3.63) is 0 Å². The second-order valence-electron chi connectivity index (χ2n) is 6.21. The minimum atomic E-state index is 0.256. The molecule has 0 aliphatic heterocycles. The molecule has 0 heterocycles. The summed E-state index contributed by atoms with van der Waals surface area (Å²) in [6.45, 7) is 2.32. The molecule has 2 heteroatoms. The Kier molecular flexibility index (Phi) is 5.50. The number of hydrogen-bond donors (Lipinski definition) is 1. The van der Waals surface area contributed by atoms with Gasteiger partial charge in [0.05, 0.1) is 12.0 Å². The van der Waals surface area contributed by atoms with Crippen LogP contribution in [0.15, 0.2) is 0 Å². The molecule has 0 aromatic carbocycles. The Hall–Kier alpha value is -0.550. The van der Waals surface area contributed by atoms with Crippen LogP contribution in [0.4, 0.5) is 0 Å². The summed E-state index contributed by atoms with van der Waals surface area (Å²) < 4.78 is 0. The highest BCUT2D eigenvalue weighted by Crippen LogP contribution is 2.30. The highest BCUT2D eigenvalue weighted by atomic mass is 15.0. The molecule has 0 radical (unpaired) electrons. The maximum atomic E-state index is 9.35. The van der Waals surface area contributed by atoms with Gasteiger partial charge in [0.15, 0.2) is 0 Å². The van der Waals surface area contributed by atoms with Gasteiger partial charge in [-0.25, -0.2) is 0 Å². The molecule has 2 aliphatic rings. The van der Waals surface area contributed by atoms with Crippen LogP contribution in [0.2, 0.25) is 0 Å². The molecule has 18 heavy (non-hydrogen) atoms. The molecule has 2 saturated carbocycles. The number of nitrogens with one attached hydrogen (secondary N) is 1. The zero-order chi connectivity index (χ0) is 12.8. The Balaban J connectivity index is 1.94. The highest BCUT2D eigenvalue weighted by molar-refractivity contribution is 4.96. The van der Waals surface area contributed by atoms with E-state index in [1.165, 1.54) is 57.8 Å². The largest absolute Gasteiger partial charge is 0.310 e. The summed E-state index contributed by atoms with van der Waals surface area (Å²) in [6, 6.07) is 3.70. The first-order valence-corrected chi connectivity index (χ1v) is 8.00. The molecule has 2 fully saturated rings. The van der Waals surface area contributed by atoms with Crippen molar-refractivity contribution < 1.29 is 0 Å². The lowest BCUT2D eigenvalue weighted by molar-refractivity contribution is 0.218. The molecular weight excluding hydrogens is 220 g/mol. The standard InChI is InChI=1S/C16H28N2/c1-2-13-8-6-7-11-15(13)18-16-10-5-3-4-9-14(16)12-17/h13-16,18H,2-11H2,1H3. The quantitative estimate of drug-likeness (QED) is 0.766. The lowest BCUT2D eigenvalue weighted by Gasteiger charge is -2.35. The zero-order valence-corrected chi connectivity index (χ0v) is 11.8. The summed E-state index contributed by atoms with van der Waals surface area (Å²) in [5.41, 5.74) is 0. The molecule has 4 unspecified atom stereocenters. The number of rotatable bonds is 3. The van der Waals surface area contributed by atoms with E-state index >= 15 is 0 Å². The molecule has 0 bridgehead atoms. The number of hydrogen-bond acceptors (Lipinski definition) is 2. The molecule has 2 aliphatic carbocycles. The van der Waals surface area contributed by atoms with E-state index in [0.717, 1.165) is 12.3 Å². The van der Waals surface area contributed by atoms with Gasteiger partial charge in [-0.3, -0.25) is 0 Å². The van der Waals surface area contributed by atoms with Crippen molar-refractivity contribution in [2.45, 2.75) is 83.2 Å². The molecule has 4 atom stereocenters. The third-order valence-corrected chi connectivity index (χ3v) is 5.04. The molecule has 0 saturated heterocycles. The van der Waals surface area contributed by atoms with Gasteiger partial charge in [0.25, 0.3) is 0 Å². The van der Waals surface area contributed by atoms with Gasteiger partial charge in [-0.15, -0.1) is 0 Å². The minimum Gasteiger partial charge on any atom is -0.310 e. The molecule has 102 valence electrons. The van der Waals surface area contributed by atoms with E-state index in [4.69, 9.17) is 0 Å². The van der Waals surface area contributed by atoms with Crippen molar-refractivity contribution in [2.24, 2.45) is 11.8 Å².